The molecule has 1 saturated heterocycles. The number of anilines is 1. The van der Waals surface area contributed by atoms with Gasteiger partial charge in [-0.15, -0.1) is 0 Å². The molecule has 39 heavy (non-hydrogen) atoms. The zero-order valence-corrected chi connectivity index (χ0v) is 23.6. The van der Waals surface area contributed by atoms with E-state index >= 15 is 0 Å². The molecule has 0 amide bonds. The molecule has 1 aromatic heterocycles. The van der Waals surface area contributed by atoms with E-state index in [4.69, 9.17) is 4.74 Å². The van der Waals surface area contributed by atoms with Crippen LogP contribution in [0.5, 0.6) is 0 Å². The van der Waals surface area contributed by atoms with Crippen LogP contribution in [0.3, 0.4) is 0 Å². The number of morpholine rings is 1. The van der Waals surface area contributed by atoms with Crippen molar-refractivity contribution in [3.8, 4) is 0 Å². The van der Waals surface area contributed by atoms with E-state index in [0.717, 1.165) is 47.3 Å². The number of dihydropyridines is 1. The van der Waals surface area contributed by atoms with Crippen LogP contribution in [-0.4, -0.2) is 66.1 Å². The average Bonchev–Trinajstić information content (AvgIpc) is 2.95. The number of allylic oxidation sites excluding steroid dienone is 1. The summed E-state index contributed by atoms with van der Waals surface area (Å²) in [5.74, 6) is 0.778. The van der Waals surface area contributed by atoms with Crippen molar-refractivity contribution in [2.75, 3.05) is 45.2 Å². The van der Waals surface area contributed by atoms with Gasteiger partial charge in [-0.25, -0.2) is 9.97 Å². The molecule has 0 saturated carbocycles. The lowest BCUT2D eigenvalue weighted by Crippen LogP contribution is -2.38. The maximum absolute atomic E-state index is 10.6. The van der Waals surface area contributed by atoms with Gasteiger partial charge < -0.3 is 30.7 Å². The third kappa shape index (κ3) is 5.80. The van der Waals surface area contributed by atoms with Crippen molar-refractivity contribution in [3.05, 3.63) is 83.6 Å². The predicted molar refractivity (Wildman–Crippen MR) is 156 cm³/mol. The molecule has 10 heteroatoms. The van der Waals surface area contributed by atoms with Gasteiger partial charge in [-0.3, -0.25) is 0 Å². The number of aryl methyl sites for hydroxylation is 1. The standard InChI is InChI=1S/C29H32N6O2S2/c1-18-8-9-31-29(32-18)23(17-30-2)33-19-6-7-24-26(14-19)38-25-5-3-4-21(28(25)39-24)22-15-20(16-27(36)34-22)35-10-12-37-13-11-35/h3-9,14-16,23,27,30,33-34,36H,10-13,17H2,1-2H3. The Hall–Kier alpha value is -3.02. The Labute approximate surface area is 237 Å². The summed E-state index contributed by atoms with van der Waals surface area (Å²) in [7, 11) is 1.94. The highest BCUT2D eigenvalue weighted by Gasteiger charge is 2.25. The van der Waals surface area contributed by atoms with Crippen molar-refractivity contribution < 1.29 is 9.84 Å². The molecule has 2 unspecified atom stereocenters. The van der Waals surface area contributed by atoms with E-state index in [0.29, 0.717) is 19.8 Å². The molecule has 4 heterocycles. The lowest BCUT2D eigenvalue weighted by atomic mass is 10.1. The van der Waals surface area contributed by atoms with Crippen molar-refractivity contribution in [1.82, 2.24) is 25.5 Å². The third-order valence-corrected chi connectivity index (χ3v) is 9.42. The van der Waals surface area contributed by atoms with Crippen LogP contribution >= 0.6 is 23.5 Å². The maximum atomic E-state index is 10.6. The summed E-state index contributed by atoms with van der Waals surface area (Å²) in [6.07, 6.45) is 5.10. The Morgan fingerprint density at radius 1 is 1.13 bits per heavy atom. The number of benzene rings is 2. The van der Waals surface area contributed by atoms with Crippen molar-refractivity contribution in [1.29, 1.82) is 0 Å². The van der Waals surface area contributed by atoms with Crippen LogP contribution in [0, 0.1) is 6.92 Å². The number of likely N-dealkylation sites (N-methyl/N-ethyl adjacent to an activating group) is 1. The number of aromatic nitrogens is 2. The Kier molecular flexibility index (Phi) is 7.80. The topological polar surface area (TPSA) is 94.6 Å². The molecule has 0 radical (unpaired) electrons. The zero-order chi connectivity index (χ0) is 26.8. The number of fused-ring (bicyclic) bond motifs is 2. The number of hydrogen-bond acceptors (Lipinski definition) is 10. The van der Waals surface area contributed by atoms with Gasteiger partial charge in [0.15, 0.2) is 5.82 Å². The van der Waals surface area contributed by atoms with Gasteiger partial charge in [0.05, 0.1) is 19.3 Å². The second kappa shape index (κ2) is 11.6. The number of ether oxygens (including phenoxy) is 1. The smallest absolute Gasteiger partial charge is 0.151 e. The molecule has 1 fully saturated rings. The van der Waals surface area contributed by atoms with Gasteiger partial charge in [0, 0.05) is 73.8 Å². The van der Waals surface area contributed by atoms with E-state index in [-0.39, 0.29) is 6.04 Å². The molecule has 8 nitrogen and oxygen atoms in total. The second-order valence-electron chi connectivity index (χ2n) is 9.65. The number of rotatable bonds is 7. The van der Waals surface area contributed by atoms with Crippen LogP contribution in [0.1, 0.15) is 23.1 Å². The van der Waals surface area contributed by atoms with Crippen LogP contribution in [0.15, 0.2) is 86.1 Å². The highest BCUT2D eigenvalue weighted by atomic mass is 32.2. The molecule has 3 aliphatic heterocycles. The van der Waals surface area contributed by atoms with E-state index in [9.17, 15) is 5.11 Å². The van der Waals surface area contributed by atoms with Gasteiger partial charge in [-0.2, -0.15) is 0 Å². The van der Waals surface area contributed by atoms with Gasteiger partial charge in [0.2, 0.25) is 0 Å². The van der Waals surface area contributed by atoms with E-state index in [1.807, 2.05) is 32.3 Å². The van der Waals surface area contributed by atoms with E-state index in [1.165, 1.54) is 19.6 Å². The zero-order valence-electron chi connectivity index (χ0n) is 22.0. The Morgan fingerprint density at radius 2 is 2.00 bits per heavy atom. The normalized spacial score (nSPS) is 19.3. The number of nitrogens with one attached hydrogen (secondary N) is 3. The Balaban J connectivity index is 1.25. The Morgan fingerprint density at radius 3 is 2.82 bits per heavy atom. The van der Waals surface area contributed by atoms with E-state index < -0.39 is 6.23 Å². The summed E-state index contributed by atoms with van der Waals surface area (Å²) in [5.41, 5.74) is 5.06. The number of aliphatic hydroxyl groups excluding tert-OH is 1. The fourth-order valence-electron chi connectivity index (χ4n) is 4.93. The summed E-state index contributed by atoms with van der Waals surface area (Å²) < 4.78 is 5.52. The summed E-state index contributed by atoms with van der Waals surface area (Å²) in [6.45, 7) is 5.77. The molecule has 202 valence electrons. The van der Waals surface area contributed by atoms with Gasteiger partial charge in [0.25, 0.3) is 0 Å². The monoisotopic (exact) mass is 560 g/mol. The predicted octanol–water partition coefficient (Wildman–Crippen LogP) is 4.25. The number of aliphatic hydroxyl groups is 1. The first-order chi connectivity index (χ1) is 19.1. The highest BCUT2D eigenvalue weighted by Crippen LogP contribution is 2.51. The number of nitrogens with zero attached hydrogens (tertiary/aromatic N) is 3. The molecule has 0 aliphatic carbocycles. The lowest BCUT2D eigenvalue weighted by molar-refractivity contribution is 0.0541. The average molecular weight is 561 g/mol. The quantitative estimate of drug-likeness (QED) is 0.263. The van der Waals surface area contributed by atoms with E-state index in [2.05, 4.69) is 73.3 Å². The molecule has 3 aromatic rings. The Bertz CT molecular complexity index is 1420. The molecule has 0 bridgehead atoms. The molecule has 3 aliphatic rings. The first kappa shape index (κ1) is 26.2. The number of hydrogen-bond donors (Lipinski definition) is 4. The first-order valence-electron chi connectivity index (χ1n) is 13.1. The fraction of sp³-hybridized carbons (Fsp3) is 0.310. The SMILES string of the molecule is CNCC(Nc1ccc2c(c1)Sc1cccc(C3=CC(N4CCOCC4)=CC(O)N3)c1S2)c1nccc(C)n1. The molecule has 4 N–H and O–H groups in total. The van der Waals surface area contributed by atoms with Crippen LogP contribution in [0.25, 0.3) is 5.70 Å². The van der Waals surface area contributed by atoms with Gasteiger partial charge in [-0.1, -0.05) is 35.7 Å². The third-order valence-electron chi connectivity index (χ3n) is 6.82. The molecule has 0 spiro atoms. The van der Waals surface area contributed by atoms with Crippen molar-refractivity contribution in [2.24, 2.45) is 0 Å². The largest absolute Gasteiger partial charge is 0.378 e. The van der Waals surface area contributed by atoms with Crippen LogP contribution < -0.4 is 16.0 Å². The molecular weight excluding hydrogens is 528 g/mol. The van der Waals surface area contributed by atoms with Crippen LogP contribution in [0.4, 0.5) is 5.69 Å². The summed E-state index contributed by atoms with van der Waals surface area (Å²) >= 11 is 3.55. The van der Waals surface area contributed by atoms with Crippen LogP contribution in [-0.2, 0) is 4.74 Å². The molecular formula is C29H32N6O2S2. The minimum Gasteiger partial charge on any atom is -0.378 e. The maximum Gasteiger partial charge on any atom is 0.151 e. The summed E-state index contributed by atoms with van der Waals surface area (Å²) in [5, 5.41) is 20.8. The summed E-state index contributed by atoms with van der Waals surface area (Å²) in [4.78, 5) is 16.2. The van der Waals surface area contributed by atoms with Gasteiger partial charge >= 0.3 is 0 Å². The first-order valence-corrected chi connectivity index (χ1v) is 14.8. The van der Waals surface area contributed by atoms with E-state index in [1.54, 1.807) is 23.5 Å². The van der Waals surface area contributed by atoms with Crippen molar-refractivity contribution >= 4 is 34.9 Å². The summed E-state index contributed by atoms with van der Waals surface area (Å²) in [6, 6.07) is 14.8. The van der Waals surface area contributed by atoms with Gasteiger partial charge in [0.1, 0.15) is 6.23 Å². The second-order valence-corrected chi connectivity index (χ2v) is 11.8. The molecule has 6 rings (SSSR count). The minimum absolute atomic E-state index is 0.0439. The minimum atomic E-state index is -0.733. The van der Waals surface area contributed by atoms with Gasteiger partial charge in [-0.05, 0) is 56.5 Å². The molecule has 2 atom stereocenters. The van der Waals surface area contributed by atoms with Crippen molar-refractivity contribution in [2.45, 2.75) is 38.8 Å². The van der Waals surface area contributed by atoms with Crippen LogP contribution in [0.2, 0.25) is 0 Å². The van der Waals surface area contributed by atoms with Crippen molar-refractivity contribution in [3.63, 3.8) is 0 Å². The fourth-order valence-corrected chi connectivity index (χ4v) is 7.34. The molecule has 2 aromatic carbocycles. The lowest BCUT2D eigenvalue weighted by Gasteiger charge is -2.33. The highest BCUT2D eigenvalue weighted by molar-refractivity contribution is 8.05.